The van der Waals surface area contributed by atoms with Crippen molar-refractivity contribution in [3.8, 4) is 0 Å². The van der Waals surface area contributed by atoms with Crippen molar-refractivity contribution < 1.29 is 9.90 Å². The van der Waals surface area contributed by atoms with Gasteiger partial charge in [-0.2, -0.15) is 0 Å². The van der Waals surface area contributed by atoms with Gasteiger partial charge in [-0.05, 0) is 12.5 Å². The van der Waals surface area contributed by atoms with Gasteiger partial charge in [0.2, 0.25) is 0 Å². The van der Waals surface area contributed by atoms with E-state index in [1.165, 1.54) is 22.8 Å². The lowest BCUT2D eigenvalue weighted by Crippen LogP contribution is -2.25. The molecule has 0 aliphatic heterocycles. The Morgan fingerprint density at radius 2 is 2.06 bits per heavy atom. The van der Waals surface area contributed by atoms with Crippen molar-refractivity contribution in [3.05, 3.63) is 34.2 Å². The van der Waals surface area contributed by atoms with E-state index in [1.54, 1.807) is 0 Å². The molecule has 1 aromatic heterocycles. The van der Waals surface area contributed by atoms with Gasteiger partial charge in [-0.25, -0.2) is 4.79 Å². The van der Waals surface area contributed by atoms with Crippen LogP contribution >= 0.6 is 0 Å². The van der Waals surface area contributed by atoms with Crippen LogP contribution in [0.1, 0.15) is 43.1 Å². The monoisotopic (exact) mass is 223 g/mol. The summed E-state index contributed by atoms with van der Waals surface area (Å²) in [5, 5.41) is 8.93. The van der Waals surface area contributed by atoms with E-state index >= 15 is 0 Å². The Kier molecular flexibility index (Phi) is 4.76. The fraction of sp³-hybridized carbons (Fsp3) is 0.500. The number of carboxylic acid groups (broad SMARTS) is 1. The number of carboxylic acids is 1. The fourth-order valence-corrected chi connectivity index (χ4v) is 1.63. The molecule has 16 heavy (non-hydrogen) atoms. The molecule has 0 saturated carbocycles. The summed E-state index contributed by atoms with van der Waals surface area (Å²) in [7, 11) is 0. The van der Waals surface area contributed by atoms with Gasteiger partial charge >= 0.3 is 5.97 Å². The number of hydrogen-bond acceptors (Lipinski definition) is 2. The molecular weight excluding hydrogens is 206 g/mol. The predicted molar refractivity (Wildman–Crippen MR) is 61.8 cm³/mol. The molecule has 1 N–H and O–H groups in total. The molecule has 4 nitrogen and oxygen atoms in total. The van der Waals surface area contributed by atoms with Gasteiger partial charge in [0.15, 0.2) is 0 Å². The largest absolute Gasteiger partial charge is 0.477 e. The number of carbonyl (C=O) groups is 1. The predicted octanol–water partition coefficient (Wildman–Crippen LogP) is 2.13. The maximum atomic E-state index is 11.5. The molecule has 1 aromatic rings. The van der Waals surface area contributed by atoms with Gasteiger partial charge < -0.3 is 9.67 Å². The van der Waals surface area contributed by atoms with Gasteiger partial charge in [0.25, 0.3) is 5.56 Å². The highest BCUT2D eigenvalue weighted by Gasteiger charge is 2.09. The molecule has 0 bridgehead atoms. The summed E-state index contributed by atoms with van der Waals surface area (Å²) in [6.45, 7) is 2.60. The number of nitrogens with zero attached hydrogens (tertiary/aromatic N) is 1. The second-order valence-corrected chi connectivity index (χ2v) is 3.77. The molecule has 1 heterocycles. The summed E-state index contributed by atoms with van der Waals surface area (Å²) in [5.41, 5.74) is -0.166. The zero-order valence-electron chi connectivity index (χ0n) is 9.48. The van der Waals surface area contributed by atoms with E-state index in [0.29, 0.717) is 6.54 Å². The van der Waals surface area contributed by atoms with E-state index in [2.05, 4.69) is 6.92 Å². The topological polar surface area (TPSA) is 59.3 Å². The van der Waals surface area contributed by atoms with E-state index in [-0.39, 0.29) is 11.3 Å². The van der Waals surface area contributed by atoms with Crippen molar-refractivity contribution >= 4 is 5.97 Å². The average Bonchev–Trinajstić information content (AvgIpc) is 2.25. The highest BCUT2D eigenvalue weighted by Crippen LogP contribution is 2.03. The average molecular weight is 223 g/mol. The van der Waals surface area contributed by atoms with Crippen LogP contribution in [0.3, 0.4) is 0 Å². The summed E-state index contributed by atoms with van der Waals surface area (Å²) >= 11 is 0. The molecule has 0 aliphatic rings. The zero-order chi connectivity index (χ0) is 12.0. The first-order chi connectivity index (χ1) is 7.66. The van der Waals surface area contributed by atoms with Crippen molar-refractivity contribution in [3.63, 3.8) is 0 Å². The Labute approximate surface area is 94.5 Å². The van der Waals surface area contributed by atoms with Crippen molar-refractivity contribution in [2.45, 2.75) is 39.2 Å². The quantitative estimate of drug-likeness (QED) is 0.751. The Morgan fingerprint density at radius 3 is 2.69 bits per heavy atom. The number of rotatable bonds is 6. The van der Waals surface area contributed by atoms with Crippen LogP contribution in [0.25, 0.3) is 0 Å². The maximum Gasteiger partial charge on any atom is 0.352 e. The second-order valence-electron chi connectivity index (χ2n) is 3.77. The molecule has 1 rings (SSSR count). The number of pyridine rings is 1. The number of unbranched alkanes of at least 4 members (excludes halogenated alkanes) is 3. The molecule has 0 fully saturated rings. The Bertz CT molecular complexity index is 409. The number of hydrogen-bond donors (Lipinski definition) is 1. The maximum absolute atomic E-state index is 11.5. The molecule has 88 valence electrons. The molecule has 0 spiro atoms. The van der Waals surface area contributed by atoms with Crippen LogP contribution in [0, 0.1) is 0 Å². The van der Waals surface area contributed by atoms with Crippen molar-refractivity contribution in [2.24, 2.45) is 0 Å². The third-order valence-corrected chi connectivity index (χ3v) is 2.50. The highest BCUT2D eigenvalue weighted by molar-refractivity contribution is 5.85. The fourth-order valence-electron chi connectivity index (χ4n) is 1.63. The van der Waals surface area contributed by atoms with E-state index in [0.717, 1.165) is 25.7 Å². The van der Waals surface area contributed by atoms with Gasteiger partial charge in [0, 0.05) is 12.6 Å². The normalized spacial score (nSPS) is 10.3. The SMILES string of the molecule is CCCCCCn1c(C(=O)O)cccc1=O. The lowest BCUT2D eigenvalue weighted by atomic mass is 10.2. The summed E-state index contributed by atoms with van der Waals surface area (Å²) in [4.78, 5) is 22.4. The van der Waals surface area contributed by atoms with Gasteiger partial charge in [-0.1, -0.05) is 32.3 Å². The molecule has 4 heteroatoms. The van der Waals surface area contributed by atoms with Crippen LogP contribution in [-0.2, 0) is 6.54 Å². The van der Waals surface area contributed by atoms with Gasteiger partial charge in [0.1, 0.15) is 5.69 Å². The Balaban J connectivity index is 2.77. The summed E-state index contributed by atoms with van der Waals surface area (Å²) in [5.74, 6) is -1.05. The molecular formula is C12H17NO3. The van der Waals surface area contributed by atoms with Gasteiger partial charge in [0.05, 0.1) is 0 Å². The van der Waals surface area contributed by atoms with Crippen LogP contribution in [0.2, 0.25) is 0 Å². The van der Waals surface area contributed by atoms with Gasteiger partial charge in [-0.3, -0.25) is 4.79 Å². The van der Waals surface area contributed by atoms with Crippen LogP contribution in [0.4, 0.5) is 0 Å². The lowest BCUT2D eigenvalue weighted by molar-refractivity contribution is 0.0683. The third kappa shape index (κ3) is 3.22. The summed E-state index contributed by atoms with van der Waals surface area (Å²) < 4.78 is 1.33. The van der Waals surface area contributed by atoms with Crippen LogP contribution in [0.15, 0.2) is 23.0 Å². The minimum absolute atomic E-state index is 0.0731. The summed E-state index contributed by atoms with van der Waals surface area (Å²) in [6, 6.07) is 4.34. The van der Waals surface area contributed by atoms with E-state index in [1.807, 2.05) is 0 Å². The number of aromatic carboxylic acids is 1. The van der Waals surface area contributed by atoms with Crippen LogP contribution < -0.4 is 5.56 Å². The number of aromatic nitrogens is 1. The molecule has 0 unspecified atom stereocenters. The van der Waals surface area contributed by atoms with Crippen molar-refractivity contribution in [1.82, 2.24) is 4.57 Å². The smallest absolute Gasteiger partial charge is 0.352 e. The van der Waals surface area contributed by atoms with Gasteiger partial charge in [-0.15, -0.1) is 0 Å². The highest BCUT2D eigenvalue weighted by atomic mass is 16.4. The third-order valence-electron chi connectivity index (χ3n) is 2.50. The first-order valence-corrected chi connectivity index (χ1v) is 5.60. The minimum atomic E-state index is -1.05. The Hall–Kier alpha value is -1.58. The van der Waals surface area contributed by atoms with E-state index < -0.39 is 5.97 Å². The molecule has 0 aliphatic carbocycles. The second kappa shape index (κ2) is 6.10. The van der Waals surface area contributed by atoms with E-state index in [9.17, 15) is 9.59 Å². The molecule has 0 amide bonds. The standard InChI is InChI=1S/C12H17NO3/c1-2-3-4-5-9-13-10(12(15)16)7-6-8-11(13)14/h6-8H,2-5,9H2,1H3,(H,15,16). The van der Waals surface area contributed by atoms with Crippen LogP contribution in [-0.4, -0.2) is 15.6 Å². The van der Waals surface area contributed by atoms with Crippen molar-refractivity contribution in [1.29, 1.82) is 0 Å². The van der Waals surface area contributed by atoms with Crippen LogP contribution in [0.5, 0.6) is 0 Å². The summed E-state index contributed by atoms with van der Waals surface area (Å²) in [6.07, 6.45) is 4.11. The van der Waals surface area contributed by atoms with Crippen molar-refractivity contribution in [2.75, 3.05) is 0 Å². The lowest BCUT2D eigenvalue weighted by Gasteiger charge is -2.08. The van der Waals surface area contributed by atoms with E-state index in [4.69, 9.17) is 5.11 Å². The Morgan fingerprint density at radius 1 is 1.31 bits per heavy atom. The molecule has 0 atom stereocenters. The molecule has 0 radical (unpaired) electrons. The first kappa shape index (κ1) is 12.5. The molecule has 0 saturated heterocycles. The first-order valence-electron chi connectivity index (χ1n) is 5.60. The zero-order valence-corrected chi connectivity index (χ0v) is 9.48. The minimum Gasteiger partial charge on any atom is -0.477 e. The molecule has 0 aromatic carbocycles.